The van der Waals surface area contributed by atoms with Crippen molar-refractivity contribution in [1.29, 1.82) is 0 Å². The van der Waals surface area contributed by atoms with Crippen LogP contribution in [-0.4, -0.2) is 39.7 Å². The van der Waals surface area contributed by atoms with Crippen LogP contribution in [0.2, 0.25) is 0 Å². The standard InChI is InChI=1S/C19H19FN2O5/c20-15-11(19(27)8-2-1-3-9-19)5-4-10-14(15)18(26)22(17(10)25)12-6-7-13(23)21-16(12)24/h4-5,12,27H,1-3,6-9H2,(H,21,23,24). The highest BCUT2D eigenvalue weighted by Crippen LogP contribution is 2.41. The Labute approximate surface area is 154 Å². The van der Waals surface area contributed by atoms with Crippen molar-refractivity contribution in [2.45, 2.75) is 56.6 Å². The van der Waals surface area contributed by atoms with Crippen LogP contribution in [0, 0.1) is 5.82 Å². The zero-order chi connectivity index (χ0) is 19.3. The predicted molar refractivity (Wildman–Crippen MR) is 90.1 cm³/mol. The van der Waals surface area contributed by atoms with Gasteiger partial charge in [-0.2, -0.15) is 0 Å². The molecule has 142 valence electrons. The molecule has 27 heavy (non-hydrogen) atoms. The molecule has 2 fully saturated rings. The van der Waals surface area contributed by atoms with Crippen molar-refractivity contribution in [1.82, 2.24) is 10.2 Å². The second kappa shape index (κ2) is 6.23. The monoisotopic (exact) mass is 374 g/mol. The first-order valence-electron chi connectivity index (χ1n) is 9.10. The van der Waals surface area contributed by atoms with Crippen LogP contribution < -0.4 is 5.32 Å². The van der Waals surface area contributed by atoms with Gasteiger partial charge in [0.2, 0.25) is 11.8 Å². The van der Waals surface area contributed by atoms with Crippen LogP contribution in [0.4, 0.5) is 4.39 Å². The van der Waals surface area contributed by atoms with E-state index in [-0.39, 0.29) is 24.0 Å². The van der Waals surface area contributed by atoms with Gasteiger partial charge in [0.15, 0.2) is 0 Å². The molecule has 0 radical (unpaired) electrons. The molecule has 2 N–H and O–H groups in total. The average Bonchev–Trinajstić information content (AvgIpc) is 2.88. The summed E-state index contributed by atoms with van der Waals surface area (Å²) in [6, 6.07) is 1.56. The van der Waals surface area contributed by atoms with Crippen LogP contribution in [0.5, 0.6) is 0 Å². The molecule has 4 amide bonds. The van der Waals surface area contributed by atoms with Crippen LogP contribution in [0.25, 0.3) is 0 Å². The van der Waals surface area contributed by atoms with Gasteiger partial charge in [-0.25, -0.2) is 4.39 Å². The summed E-state index contributed by atoms with van der Waals surface area (Å²) in [5.41, 5.74) is -1.86. The summed E-state index contributed by atoms with van der Waals surface area (Å²) in [7, 11) is 0. The lowest BCUT2D eigenvalue weighted by atomic mass is 9.78. The third-order valence-electron chi connectivity index (χ3n) is 5.73. The second-order valence-corrected chi connectivity index (χ2v) is 7.39. The molecule has 3 aliphatic rings. The molecule has 2 aliphatic heterocycles. The number of hydrogen-bond donors (Lipinski definition) is 2. The second-order valence-electron chi connectivity index (χ2n) is 7.39. The van der Waals surface area contributed by atoms with E-state index in [1.165, 1.54) is 12.1 Å². The quantitative estimate of drug-likeness (QED) is 0.761. The lowest BCUT2D eigenvalue weighted by Crippen LogP contribution is -2.54. The Morgan fingerprint density at radius 2 is 1.78 bits per heavy atom. The number of piperidine rings is 1. The first-order chi connectivity index (χ1) is 12.8. The van der Waals surface area contributed by atoms with Crippen molar-refractivity contribution < 1.29 is 28.7 Å². The minimum atomic E-state index is -1.36. The summed E-state index contributed by atoms with van der Waals surface area (Å²) in [6.07, 6.45) is 3.25. The summed E-state index contributed by atoms with van der Waals surface area (Å²) in [5, 5.41) is 12.9. The number of benzene rings is 1. The van der Waals surface area contributed by atoms with Gasteiger partial charge in [-0.15, -0.1) is 0 Å². The topological polar surface area (TPSA) is 104 Å². The Kier molecular flexibility index (Phi) is 4.10. The summed E-state index contributed by atoms with van der Waals surface area (Å²) in [6.45, 7) is 0. The number of carbonyl (C=O) groups is 4. The molecule has 1 aromatic carbocycles. The van der Waals surface area contributed by atoms with Crippen molar-refractivity contribution in [2.75, 3.05) is 0 Å². The number of nitrogens with zero attached hydrogens (tertiary/aromatic N) is 1. The fraction of sp³-hybridized carbons (Fsp3) is 0.474. The van der Waals surface area contributed by atoms with E-state index in [9.17, 15) is 24.3 Å². The van der Waals surface area contributed by atoms with Gasteiger partial charge >= 0.3 is 0 Å². The van der Waals surface area contributed by atoms with E-state index in [4.69, 9.17) is 0 Å². The lowest BCUT2D eigenvalue weighted by Gasteiger charge is -2.33. The van der Waals surface area contributed by atoms with Crippen molar-refractivity contribution in [3.8, 4) is 0 Å². The Morgan fingerprint density at radius 3 is 2.44 bits per heavy atom. The molecule has 1 aliphatic carbocycles. The number of carbonyl (C=O) groups excluding carboxylic acids is 4. The number of hydrogen-bond acceptors (Lipinski definition) is 5. The van der Waals surface area contributed by atoms with Crippen LogP contribution in [0.3, 0.4) is 0 Å². The van der Waals surface area contributed by atoms with Crippen molar-refractivity contribution in [2.24, 2.45) is 0 Å². The largest absolute Gasteiger partial charge is 0.385 e. The van der Waals surface area contributed by atoms with E-state index in [2.05, 4.69) is 5.32 Å². The van der Waals surface area contributed by atoms with Crippen LogP contribution >= 0.6 is 0 Å². The van der Waals surface area contributed by atoms with E-state index >= 15 is 4.39 Å². The molecule has 8 heteroatoms. The van der Waals surface area contributed by atoms with Crippen LogP contribution in [0.15, 0.2) is 12.1 Å². The fourth-order valence-corrected chi connectivity index (χ4v) is 4.28. The summed E-state index contributed by atoms with van der Waals surface area (Å²) in [4.78, 5) is 49.6. The van der Waals surface area contributed by atoms with Crippen LogP contribution in [-0.2, 0) is 15.2 Å². The molecular formula is C19H19FN2O5. The molecule has 1 aromatic rings. The smallest absolute Gasteiger partial charge is 0.265 e. The highest BCUT2D eigenvalue weighted by molar-refractivity contribution is 6.23. The molecule has 1 saturated heterocycles. The molecular weight excluding hydrogens is 355 g/mol. The minimum Gasteiger partial charge on any atom is -0.385 e. The summed E-state index contributed by atoms with van der Waals surface area (Å²) >= 11 is 0. The van der Waals surface area contributed by atoms with E-state index in [0.717, 1.165) is 24.2 Å². The Balaban J connectivity index is 1.72. The molecule has 1 saturated carbocycles. The molecule has 0 spiro atoms. The Hall–Kier alpha value is -2.61. The zero-order valence-corrected chi connectivity index (χ0v) is 14.6. The van der Waals surface area contributed by atoms with Gasteiger partial charge in [0, 0.05) is 12.0 Å². The molecule has 0 aromatic heterocycles. The summed E-state index contributed by atoms with van der Waals surface area (Å²) in [5.74, 6) is -3.77. The molecule has 2 heterocycles. The highest BCUT2D eigenvalue weighted by Gasteiger charge is 2.47. The number of fused-ring (bicyclic) bond motifs is 1. The molecule has 1 unspecified atom stereocenters. The number of nitrogens with one attached hydrogen (secondary N) is 1. The molecule has 7 nitrogen and oxygen atoms in total. The first kappa shape index (κ1) is 17.8. The van der Waals surface area contributed by atoms with Crippen molar-refractivity contribution in [3.05, 3.63) is 34.6 Å². The maximum absolute atomic E-state index is 15.2. The zero-order valence-electron chi connectivity index (χ0n) is 14.6. The van der Waals surface area contributed by atoms with E-state index in [1.807, 2.05) is 0 Å². The van der Waals surface area contributed by atoms with Gasteiger partial charge in [-0.05, 0) is 25.3 Å². The molecule has 1 atom stereocenters. The maximum atomic E-state index is 15.2. The highest BCUT2D eigenvalue weighted by atomic mass is 19.1. The van der Waals surface area contributed by atoms with Gasteiger partial charge in [0.05, 0.1) is 16.7 Å². The lowest BCUT2D eigenvalue weighted by molar-refractivity contribution is -0.136. The molecule has 0 bridgehead atoms. The maximum Gasteiger partial charge on any atom is 0.265 e. The number of aliphatic hydroxyl groups is 1. The summed E-state index contributed by atoms with van der Waals surface area (Å²) < 4.78 is 15.2. The average molecular weight is 374 g/mol. The van der Waals surface area contributed by atoms with E-state index in [0.29, 0.717) is 12.8 Å². The first-order valence-corrected chi connectivity index (χ1v) is 9.10. The van der Waals surface area contributed by atoms with Gasteiger partial charge in [-0.3, -0.25) is 29.4 Å². The predicted octanol–water partition coefficient (Wildman–Crippen LogP) is 1.38. The third-order valence-corrected chi connectivity index (χ3v) is 5.73. The van der Waals surface area contributed by atoms with E-state index < -0.39 is 46.7 Å². The SMILES string of the molecule is O=C1CCC(N2C(=O)c3ccc(C4(O)CCCCC4)c(F)c3C2=O)C(=O)N1. The van der Waals surface area contributed by atoms with Gasteiger partial charge in [0.1, 0.15) is 11.9 Å². The van der Waals surface area contributed by atoms with Gasteiger partial charge in [0.25, 0.3) is 11.8 Å². The Morgan fingerprint density at radius 1 is 1.07 bits per heavy atom. The van der Waals surface area contributed by atoms with Crippen LogP contribution in [0.1, 0.15) is 71.2 Å². The number of amides is 4. The number of imide groups is 2. The number of rotatable bonds is 2. The van der Waals surface area contributed by atoms with Gasteiger partial charge in [-0.1, -0.05) is 25.3 Å². The van der Waals surface area contributed by atoms with E-state index in [1.54, 1.807) is 0 Å². The normalized spacial score (nSPS) is 24.8. The van der Waals surface area contributed by atoms with Crippen molar-refractivity contribution in [3.63, 3.8) is 0 Å². The minimum absolute atomic E-state index is 0.00268. The fourth-order valence-electron chi connectivity index (χ4n) is 4.28. The Bertz CT molecular complexity index is 875. The molecule has 4 rings (SSSR count). The van der Waals surface area contributed by atoms with Crippen molar-refractivity contribution >= 4 is 23.6 Å². The third kappa shape index (κ3) is 2.66. The van der Waals surface area contributed by atoms with Gasteiger partial charge < -0.3 is 5.11 Å². The number of halogens is 1.